The zero-order valence-electron chi connectivity index (χ0n) is 14.8. The first-order valence-corrected chi connectivity index (χ1v) is 8.49. The van der Waals surface area contributed by atoms with Crippen molar-refractivity contribution in [3.05, 3.63) is 94.4 Å². The first-order valence-electron chi connectivity index (χ1n) is 8.49. The van der Waals surface area contributed by atoms with Crippen LogP contribution in [-0.4, -0.2) is 12.6 Å². The number of carbonyl (C=O) groups is 1. The first kappa shape index (κ1) is 17.0. The van der Waals surface area contributed by atoms with Gasteiger partial charge in [-0.25, -0.2) is 4.79 Å². The van der Waals surface area contributed by atoms with Gasteiger partial charge in [-0.2, -0.15) is 0 Å². The van der Waals surface area contributed by atoms with Crippen LogP contribution in [0.5, 0.6) is 0 Å². The predicted octanol–water partition coefficient (Wildman–Crippen LogP) is 5.25. The number of hydrogen-bond donors (Lipinski definition) is 0. The molecule has 1 atom stereocenters. The zero-order chi connectivity index (χ0) is 17.8. The van der Waals surface area contributed by atoms with Crippen molar-refractivity contribution in [1.82, 2.24) is 0 Å². The van der Waals surface area contributed by atoms with Crippen LogP contribution in [-0.2, 0) is 4.74 Å². The molecule has 0 N–H and O–H groups in total. The van der Waals surface area contributed by atoms with E-state index < -0.39 is 0 Å². The fourth-order valence-corrected chi connectivity index (χ4v) is 2.98. The molecule has 0 saturated heterocycles. The minimum atomic E-state index is -0.342. The quantitative estimate of drug-likeness (QED) is 0.598. The molecule has 1 heterocycles. The van der Waals surface area contributed by atoms with Crippen molar-refractivity contribution in [2.24, 2.45) is 0 Å². The van der Waals surface area contributed by atoms with Gasteiger partial charge in [0.05, 0.1) is 12.5 Å². The average Bonchev–Trinajstić information content (AvgIpc) is 2.99. The van der Waals surface area contributed by atoms with E-state index in [4.69, 9.17) is 9.15 Å². The molecule has 0 aliphatic rings. The Kier molecular flexibility index (Phi) is 5.03. The van der Waals surface area contributed by atoms with Crippen molar-refractivity contribution < 1.29 is 13.9 Å². The summed E-state index contributed by atoms with van der Waals surface area (Å²) in [7, 11) is 0. The number of benzene rings is 2. The first-order chi connectivity index (χ1) is 12.1. The number of carbonyl (C=O) groups excluding carboxylic acids is 1. The molecule has 0 aliphatic carbocycles. The van der Waals surface area contributed by atoms with Crippen molar-refractivity contribution in [2.45, 2.75) is 26.7 Å². The maximum atomic E-state index is 12.1. The third-order valence-corrected chi connectivity index (χ3v) is 4.26. The molecule has 0 aliphatic heterocycles. The molecule has 1 unspecified atom stereocenters. The summed E-state index contributed by atoms with van der Waals surface area (Å²) in [5.41, 5.74) is 3.94. The second-order valence-corrected chi connectivity index (χ2v) is 6.09. The van der Waals surface area contributed by atoms with E-state index in [1.165, 1.54) is 5.56 Å². The molecule has 3 nitrogen and oxygen atoms in total. The highest BCUT2D eigenvalue weighted by molar-refractivity contribution is 5.90. The van der Waals surface area contributed by atoms with Gasteiger partial charge in [-0.1, -0.05) is 60.2 Å². The molecule has 1 aromatic heterocycles. The molecule has 0 radical (unpaired) electrons. The number of furan rings is 1. The Morgan fingerprint density at radius 1 is 1.00 bits per heavy atom. The Bertz CT molecular complexity index is 845. The van der Waals surface area contributed by atoms with Crippen molar-refractivity contribution in [1.29, 1.82) is 0 Å². The molecular formula is C22H22O3. The summed E-state index contributed by atoms with van der Waals surface area (Å²) in [6.07, 6.45) is 0. The molecule has 0 bridgehead atoms. The van der Waals surface area contributed by atoms with Crippen LogP contribution < -0.4 is 0 Å². The van der Waals surface area contributed by atoms with E-state index in [1.54, 1.807) is 13.8 Å². The smallest absolute Gasteiger partial charge is 0.341 e. The summed E-state index contributed by atoms with van der Waals surface area (Å²) in [5, 5.41) is 0. The highest BCUT2D eigenvalue weighted by Crippen LogP contribution is 2.34. The van der Waals surface area contributed by atoms with Crippen molar-refractivity contribution in [2.75, 3.05) is 6.61 Å². The Morgan fingerprint density at radius 3 is 2.28 bits per heavy atom. The maximum Gasteiger partial charge on any atom is 0.341 e. The Labute approximate surface area is 148 Å². The molecule has 0 amide bonds. The Balaban J connectivity index is 2.08. The lowest BCUT2D eigenvalue weighted by atomic mass is 9.88. The molecular weight excluding hydrogens is 312 g/mol. The molecule has 0 fully saturated rings. The number of esters is 1. The molecule has 0 spiro atoms. The minimum Gasteiger partial charge on any atom is -0.464 e. The van der Waals surface area contributed by atoms with Crippen molar-refractivity contribution in [3.8, 4) is 0 Å². The van der Waals surface area contributed by atoms with Crippen LogP contribution >= 0.6 is 0 Å². The van der Waals surface area contributed by atoms with Gasteiger partial charge in [-0.05, 0) is 38.0 Å². The SMILES string of the molecule is CCOC(=O)c1cc(C(c2ccccc2)c2ccc(C)cc2)oc1C. The van der Waals surface area contributed by atoms with Crippen LogP contribution in [0.3, 0.4) is 0 Å². The number of ether oxygens (including phenoxy) is 1. The lowest BCUT2D eigenvalue weighted by Crippen LogP contribution is -2.05. The van der Waals surface area contributed by atoms with Gasteiger partial charge in [-0.3, -0.25) is 0 Å². The van der Waals surface area contributed by atoms with Crippen LogP contribution in [0, 0.1) is 13.8 Å². The van der Waals surface area contributed by atoms with Crippen molar-refractivity contribution >= 4 is 5.97 Å². The lowest BCUT2D eigenvalue weighted by molar-refractivity contribution is 0.0524. The lowest BCUT2D eigenvalue weighted by Gasteiger charge is -2.16. The van der Waals surface area contributed by atoms with Crippen LogP contribution in [0.15, 0.2) is 65.1 Å². The van der Waals surface area contributed by atoms with Gasteiger partial charge in [0.1, 0.15) is 17.1 Å². The summed E-state index contributed by atoms with van der Waals surface area (Å²) in [6, 6.07) is 20.4. The van der Waals surface area contributed by atoms with E-state index >= 15 is 0 Å². The van der Waals surface area contributed by atoms with Gasteiger partial charge in [-0.15, -0.1) is 0 Å². The molecule has 128 valence electrons. The van der Waals surface area contributed by atoms with Crippen LogP contribution in [0.4, 0.5) is 0 Å². The van der Waals surface area contributed by atoms with Crippen LogP contribution in [0.2, 0.25) is 0 Å². The highest BCUT2D eigenvalue weighted by Gasteiger charge is 2.24. The monoisotopic (exact) mass is 334 g/mol. The van der Waals surface area contributed by atoms with E-state index in [0.29, 0.717) is 17.9 Å². The van der Waals surface area contributed by atoms with E-state index in [1.807, 2.05) is 24.3 Å². The highest BCUT2D eigenvalue weighted by atomic mass is 16.5. The molecule has 2 aromatic carbocycles. The molecule has 3 rings (SSSR count). The van der Waals surface area contributed by atoms with Gasteiger partial charge < -0.3 is 9.15 Å². The standard InChI is InChI=1S/C22H22O3/c1-4-24-22(23)19-14-20(25-16(19)3)21(17-8-6-5-7-9-17)18-12-10-15(2)11-13-18/h5-14,21H,4H2,1-3H3. The van der Waals surface area contributed by atoms with Crippen molar-refractivity contribution in [3.63, 3.8) is 0 Å². The largest absolute Gasteiger partial charge is 0.464 e. The Morgan fingerprint density at radius 2 is 1.64 bits per heavy atom. The second kappa shape index (κ2) is 7.39. The van der Waals surface area contributed by atoms with Gasteiger partial charge in [0.2, 0.25) is 0 Å². The van der Waals surface area contributed by atoms with Gasteiger partial charge >= 0.3 is 5.97 Å². The number of rotatable bonds is 5. The Hall–Kier alpha value is -2.81. The van der Waals surface area contributed by atoms with Gasteiger partial charge in [0.15, 0.2) is 0 Å². The summed E-state index contributed by atoms with van der Waals surface area (Å²) in [4.78, 5) is 12.1. The minimum absolute atomic E-state index is 0.0660. The average molecular weight is 334 g/mol. The number of hydrogen-bond acceptors (Lipinski definition) is 3. The third kappa shape index (κ3) is 3.66. The fourth-order valence-electron chi connectivity index (χ4n) is 2.98. The molecule has 3 heteroatoms. The molecule has 3 aromatic rings. The normalized spacial score (nSPS) is 12.0. The van der Waals surface area contributed by atoms with Gasteiger partial charge in [0, 0.05) is 0 Å². The summed E-state index contributed by atoms with van der Waals surface area (Å²) in [6.45, 7) is 6.01. The molecule has 25 heavy (non-hydrogen) atoms. The maximum absolute atomic E-state index is 12.1. The topological polar surface area (TPSA) is 39.4 Å². The second-order valence-electron chi connectivity index (χ2n) is 6.09. The summed E-state index contributed by atoms with van der Waals surface area (Å²) in [5.74, 6) is 0.923. The van der Waals surface area contributed by atoms with Crippen LogP contribution in [0.25, 0.3) is 0 Å². The van der Waals surface area contributed by atoms with Gasteiger partial charge in [0.25, 0.3) is 0 Å². The predicted molar refractivity (Wildman–Crippen MR) is 98.0 cm³/mol. The summed E-state index contributed by atoms with van der Waals surface area (Å²) >= 11 is 0. The third-order valence-electron chi connectivity index (χ3n) is 4.26. The van der Waals surface area contributed by atoms with E-state index in [9.17, 15) is 4.79 Å². The van der Waals surface area contributed by atoms with Crippen LogP contribution in [0.1, 0.15) is 51.4 Å². The fraction of sp³-hybridized carbons (Fsp3) is 0.227. The van der Waals surface area contributed by atoms with E-state index in [-0.39, 0.29) is 11.9 Å². The van der Waals surface area contributed by atoms with E-state index in [0.717, 1.165) is 16.9 Å². The zero-order valence-corrected chi connectivity index (χ0v) is 14.8. The summed E-state index contributed by atoms with van der Waals surface area (Å²) < 4.78 is 11.1. The molecule has 0 saturated carbocycles. The number of aryl methyl sites for hydroxylation is 2. The van der Waals surface area contributed by atoms with E-state index in [2.05, 4.69) is 43.3 Å².